The first-order chi connectivity index (χ1) is 9.15. The first-order valence-corrected chi connectivity index (χ1v) is 6.65. The number of fused-ring (bicyclic) bond motifs is 1. The van der Waals surface area contributed by atoms with Gasteiger partial charge in [-0.25, -0.2) is 4.52 Å². The summed E-state index contributed by atoms with van der Waals surface area (Å²) in [6, 6.07) is 5.30. The lowest BCUT2D eigenvalue weighted by molar-refractivity contribution is 0.0975. The van der Waals surface area contributed by atoms with Gasteiger partial charge in [0.2, 0.25) is 0 Å². The molecule has 0 saturated carbocycles. The Morgan fingerprint density at radius 2 is 2.26 bits per heavy atom. The zero-order chi connectivity index (χ0) is 13.4. The summed E-state index contributed by atoms with van der Waals surface area (Å²) in [6.45, 7) is 1.88. The topological polar surface area (TPSA) is 56.4 Å². The van der Waals surface area contributed by atoms with Crippen molar-refractivity contribution in [3.63, 3.8) is 0 Å². The minimum atomic E-state index is -0.201. The van der Waals surface area contributed by atoms with Crippen LogP contribution < -0.4 is 5.56 Å². The summed E-state index contributed by atoms with van der Waals surface area (Å²) in [5.41, 5.74) is 1.06. The normalized spacial score (nSPS) is 11.0. The molecule has 6 heteroatoms. The third-order valence-corrected chi connectivity index (χ3v) is 3.75. The van der Waals surface area contributed by atoms with Gasteiger partial charge in [0.25, 0.3) is 5.56 Å². The molecule has 0 aliphatic rings. The fourth-order valence-electron chi connectivity index (χ4n) is 1.94. The second-order valence-electron chi connectivity index (χ2n) is 4.25. The lowest BCUT2D eigenvalue weighted by atomic mass is 10.3. The number of carbonyl (C=O) groups excluding carboxylic acids is 1. The largest absolute Gasteiger partial charge is 0.304 e. The van der Waals surface area contributed by atoms with Crippen molar-refractivity contribution in [2.75, 3.05) is 0 Å². The molecule has 0 aliphatic heterocycles. The van der Waals surface area contributed by atoms with E-state index in [1.807, 2.05) is 18.4 Å². The maximum atomic E-state index is 12.2. The number of Topliss-reactive ketones (excluding diaryl/α,β-unsaturated/α-hetero) is 1. The predicted octanol–water partition coefficient (Wildman–Crippen LogP) is 1.75. The van der Waals surface area contributed by atoms with Crippen molar-refractivity contribution in [1.29, 1.82) is 0 Å². The Balaban J connectivity index is 2.00. The Kier molecular flexibility index (Phi) is 2.79. The number of nitrogens with zero attached hydrogens (tertiary/aromatic N) is 3. The molecule has 0 radical (unpaired) electrons. The van der Waals surface area contributed by atoms with Gasteiger partial charge < -0.3 is 4.57 Å². The molecule has 0 amide bonds. The molecule has 96 valence electrons. The van der Waals surface area contributed by atoms with Crippen LogP contribution in [0.2, 0.25) is 0 Å². The van der Waals surface area contributed by atoms with Crippen LogP contribution in [0, 0.1) is 6.92 Å². The van der Waals surface area contributed by atoms with Gasteiger partial charge in [-0.05, 0) is 24.4 Å². The number of aryl methyl sites for hydroxylation is 1. The average molecular weight is 273 g/mol. The number of aromatic nitrogens is 3. The molecular formula is C13H11N3O2S. The van der Waals surface area contributed by atoms with Gasteiger partial charge in [-0.1, -0.05) is 6.07 Å². The molecule has 0 saturated heterocycles. The standard InChI is InChI=1S/C13H11N3O2S/c1-9-7-10-13(18)15(4-5-16(10)14-9)8-11(17)12-3-2-6-19-12/h2-7H,8H2,1H3. The highest BCUT2D eigenvalue weighted by Crippen LogP contribution is 2.10. The van der Waals surface area contributed by atoms with Crippen molar-refractivity contribution in [3.8, 4) is 0 Å². The van der Waals surface area contributed by atoms with Gasteiger partial charge >= 0.3 is 0 Å². The van der Waals surface area contributed by atoms with Gasteiger partial charge in [-0.3, -0.25) is 9.59 Å². The number of ketones is 1. The third kappa shape index (κ3) is 2.10. The average Bonchev–Trinajstić information content (AvgIpc) is 3.01. The van der Waals surface area contributed by atoms with Gasteiger partial charge in [0.1, 0.15) is 5.52 Å². The third-order valence-electron chi connectivity index (χ3n) is 2.84. The van der Waals surface area contributed by atoms with Crippen LogP contribution in [-0.4, -0.2) is 20.0 Å². The van der Waals surface area contributed by atoms with Crippen molar-refractivity contribution in [1.82, 2.24) is 14.2 Å². The Labute approximate surface area is 112 Å². The van der Waals surface area contributed by atoms with E-state index in [9.17, 15) is 9.59 Å². The summed E-state index contributed by atoms with van der Waals surface area (Å²) >= 11 is 1.38. The minimum absolute atomic E-state index is 0.0556. The quantitative estimate of drug-likeness (QED) is 0.683. The van der Waals surface area contributed by atoms with E-state index in [-0.39, 0.29) is 17.9 Å². The fourth-order valence-corrected chi connectivity index (χ4v) is 2.60. The molecule has 3 heterocycles. The molecule has 0 aliphatic carbocycles. The smallest absolute Gasteiger partial charge is 0.276 e. The lowest BCUT2D eigenvalue weighted by Gasteiger charge is -2.04. The number of carbonyl (C=O) groups is 1. The van der Waals surface area contributed by atoms with Crippen molar-refractivity contribution in [2.45, 2.75) is 13.5 Å². The second-order valence-corrected chi connectivity index (χ2v) is 5.19. The molecule has 0 N–H and O–H groups in total. The van der Waals surface area contributed by atoms with E-state index in [0.29, 0.717) is 10.4 Å². The Morgan fingerprint density at radius 3 is 3.00 bits per heavy atom. The Bertz CT molecular complexity index is 799. The monoisotopic (exact) mass is 273 g/mol. The van der Waals surface area contributed by atoms with Crippen LogP contribution >= 0.6 is 11.3 Å². The summed E-state index contributed by atoms with van der Waals surface area (Å²) in [5.74, 6) is -0.0577. The molecule has 19 heavy (non-hydrogen) atoms. The highest BCUT2D eigenvalue weighted by atomic mass is 32.1. The van der Waals surface area contributed by atoms with Crippen molar-refractivity contribution < 1.29 is 4.79 Å². The Morgan fingerprint density at radius 1 is 1.42 bits per heavy atom. The van der Waals surface area contributed by atoms with Crippen LogP contribution in [0.15, 0.2) is 40.8 Å². The van der Waals surface area contributed by atoms with Gasteiger partial charge in [0.05, 0.1) is 17.1 Å². The van der Waals surface area contributed by atoms with Crippen LogP contribution in [0.1, 0.15) is 15.4 Å². The van der Waals surface area contributed by atoms with Crippen LogP contribution in [0.3, 0.4) is 0 Å². The minimum Gasteiger partial charge on any atom is -0.304 e. The maximum Gasteiger partial charge on any atom is 0.276 e. The molecule has 0 bridgehead atoms. The first kappa shape index (κ1) is 11.9. The van der Waals surface area contributed by atoms with Gasteiger partial charge in [0, 0.05) is 12.4 Å². The summed E-state index contributed by atoms with van der Waals surface area (Å²) in [4.78, 5) is 24.9. The Hall–Kier alpha value is -2.21. The van der Waals surface area contributed by atoms with Crippen molar-refractivity contribution >= 4 is 22.6 Å². The zero-order valence-electron chi connectivity index (χ0n) is 10.2. The van der Waals surface area contributed by atoms with Crippen LogP contribution in [-0.2, 0) is 6.54 Å². The maximum absolute atomic E-state index is 12.2. The lowest BCUT2D eigenvalue weighted by Crippen LogP contribution is -2.24. The first-order valence-electron chi connectivity index (χ1n) is 5.77. The highest BCUT2D eigenvalue weighted by Gasteiger charge is 2.11. The molecule has 0 fully saturated rings. The van der Waals surface area contributed by atoms with E-state index >= 15 is 0 Å². The zero-order valence-corrected chi connectivity index (χ0v) is 11.1. The van der Waals surface area contributed by atoms with Crippen molar-refractivity contribution in [3.05, 3.63) is 56.9 Å². The molecule has 3 aromatic heterocycles. The predicted molar refractivity (Wildman–Crippen MR) is 72.8 cm³/mol. The second kappa shape index (κ2) is 4.47. The summed E-state index contributed by atoms with van der Waals surface area (Å²) in [5, 5.41) is 6.01. The number of hydrogen-bond donors (Lipinski definition) is 0. The molecular weight excluding hydrogens is 262 g/mol. The molecule has 3 aromatic rings. The number of hydrogen-bond acceptors (Lipinski definition) is 4. The fraction of sp³-hybridized carbons (Fsp3) is 0.154. The highest BCUT2D eigenvalue weighted by molar-refractivity contribution is 7.12. The van der Waals surface area contributed by atoms with Gasteiger partial charge in [-0.2, -0.15) is 5.10 Å². The van der Waals surface area contributed by atoms with Gasteiger partial charge in [0.15, 0.2) is 5.78 Å². The van der Waals surface area contributed by atoms with Gasteiger partial charge in [-0.15, -0.1) is 11.3 Å². The van der Waals surface area contributed by atoms with E-state index in [1.165, 1.54) is 20.4 Å². The molecule has 0 spiro atoms. The SMILES string of the molecule is Cc1cc2c(=O)n(CC(=O)c3cccs3)ccn2n1. The van der Waals surface area contributed by atoms with Crippen LogP contribution in [0.5, 0.6) is 0 Å². The molecule has 0 unspecified atom stereocenters. The van der Waals surface area contributed by atoms with E-state index in [0.717, 1.165) is 5.69 Å². The molecule has 0 aromatic carbocycles. The van der Waals surface area contributed by atoms with E-state index < -0.39 is 0 Å². The van der Waals surface area contributed by atoms with E-state index in [4.69, 9.17) is 0 Å². The van der Waals surface area contributed by atoms with Crippen LogP contribution in [0.4, 0.5) is 0 Å². The summed E-state index contributed by atoms with van der Waals surface area (Å²) in [6.07, 6.45) is 3.28. The number of thiophene rings is 1. The summed E-state index contributed by atoms with van der Waals surface area (Å²) < 4.78 is 2.95. The van der Waals surface area contributed by atoms with Crippen molar-refractivity contribution in [2.24, 2.45) is 0 Å². The van der Waals surface area contributed by atoms with E-state index in [2.05, 4.69) is 5.10 Å². The molecule has 3 rings (SSSR count). The molecule has 0 atom stereocenters. The van der Waals surface area contributed by atoms with E-state index in [1.54, 1.807) is 24.5 Å². The number of rotatable bonds is 3. The molecule has 5 nitrogen and oxygen atoms in total. The van der Waals surface area contributed by atoms with Crippen LogP contribution in [0.25, 0.3) is 5.52 Å². The summed E-state index contributed by atoms with van der Waals surface area (Å²) in [7, 11) is 0.